The third kappa shape index (κ3) is 2.29. The zero-order chi connectivity index (χ0) is 14.4. The van der Waals surface area contributed by atoms with Crippen molar-refractivity contribution in [2.75, 3.05) is 11.9 Å². The largest absolute Gasteiger partial charge is 0.369 e. The first-order valence-electron chi connectivity index (χ1n) is 6.60. The van der Waals surface area contributed by atoms with Crippen LogP contribution in [0.2, 0.25) is 5.02 Å². The first-order valence-corrected chi connectivity index (χ1v) is 8.58. The van der Waals surface area contributed by atoms with E-state index >= 15 is 0 Å². The van der Waals surface area contributed by atoms with Crippen LogP contribution < -0.4 is 5.32 Å². The molecule has 0 saturated carbocycles. The fourth-order valence-electron chi connectivity index (χ4n) is 2.58. The molecular weight excluding hydrogens is 370 g/mol. The van der Waals surface area contributed by atoms with Crippen molar-refractivity contribution in [2.45, 2.75) is 6.42 Å². The Morgan fingerprint density at radius 3 is 2.71 bits per heavy atom. The van der Waals surface area contributed by atoms with Gasteiger partial charge in [0.05, 0.1) is 14.4 Å². The van der Waals surface area contributed by atoms with Crippen molar-refractivity contribution in [3.8, 4) is 16.3 Å². The molecule has 2 aromatic heterocycles. The summed E-state index contributed by atoms with van der Waals surface area (Å²) in [5.41, 5.74) is 3.38. The molecule has 21 heavy (non-hydrogen) atoms. The molecule has 4 rings (SSSR count). The van der Waals surface area contributed by atoms with Crippen LogP contribution in [0.25, 0.3) is 16.3 Å². The highest BCUT2D eigenvalue weighted by Crippen LogP contribution is 2.38. The van der Waals surface area contributed by atoms with E-state index in [9.17, 15) is 0 Å². The fourth-order valence-corrected chi connectivity index (χ4v) is 4.11. The number of fused-ring (bicyclic) bond motifs is 1. The van der Waals surface area contributed by atoms with Crippen LogP contribution in [0.15, 0.2) is 40.2 Å². The molecule has 0 fully saturated rings. The van der Waals surface area contributed by atoms with E-state index < -0.39 is 0 Å². The lowest BCUT2D eigenvalue weighted by Crippen LogP contribution is -2.03. The Balaban J connectivity index is 1.88. The molecule has 0 bridgehead atoms. The second-order valence-electron chi connectivity index (χ2n) is 4.84. The highest BCUT2D eigenvalue weighted by Gasteiger charge is 2.24. The number of hydrogen-bond donors (Lipinski definition) is 1. The molecule has 106 valence electrons. The summed E-state index contributed by atoms with van der Waals surface area (Å²) in [5.74, 6) is 1.09. The number of aromatic nitrogens is 2. The molecule has 0 aliphatic carbocycles. The summed E-state index contributed by atoms with van der Waals surface area (Å²) in [6.45, 7) is 0.959. The van der Waals surface area contributed by atoms with Crippen LogP contribution in [0.5, 0.6) is 0 Å². The van der Waals surface area contributed by atoms with Gasteiger partial charge in [-0.1, -0.05) is 11.6 Å². The maximum Gasteiger partial charge on any atom is 0.133 e. The maximum atomic E-state index is 5.97. The Hall–Kier alpha value is -1.30. The summed E-state index contributed by atoms with van der Waals surface area (Å²) < 4.78 is 3.10. The van der Waals surface area contributed by atoms with Gasteiger partial charge in [0.15, 0.2) is 0 Å². The van der Waals surface area contributed by atoms with Crippen LogP contribution in [0.4, 0.5) is 5.82 Å². The highest BCUT2D eigenvalue weighted by molar-refractivity contribution is 9.11. The number of benzene rings is 1. The Bertz CT molecular complexity index is 807. The number of thiophene rings is 1. The molecule has 1 aromatic carbocycles. The van der Waals surface area contributed by atoms with Crippen LogP contribution >= 0.6 is 38.9 Å². The molecule has 0 amide bonds. The van der Waals surface area contributed by atoms with Crippen molar-refractivity contribution >= 4 is 44.7 Å². The predicted molar refractivity (Wildman–Crippen MR) is 91.8 cm³/mol. The van der Waals surface area contributed by atoms with Gasteiger partial charge >= 0.3 is 0 Å². The zero-order valence-corrected chi connectivity index (χ0v) is 14.1. The number of hydrogen-bond acceptors (Lipinski definition) is 3. The van der Waals surface area contributed by atoms with Crippen molar-refractivity contribution in [1.82, 2.24) is 9.78 Å². The zero-order valence-electron chi connectivity index (χ0n) is 10.9. The molecule has 3 heterocycles. The number of halogens is 2. The van der Waals surface area contributed by atoms with Crippen LogP contribution in [-0.4, -0.2) is 16.3 Å². The first kappa shape index (κ1) is 13.4. The van der Waals surface area contributed by atoms with Gasteiger partial charge in [0.25, 0.3) is 0 Å². The Morgan fingerprint density at radius 2 is 2.00 bits per heavy atom. The molecule has 0 atom stereocenters. The van der Waals surface area contributed by atoms with Crippen molar-refractivity contribution in [3.05, 3.63) is 50.8 Å². The number of rotatable bonds is 2. The van der Waals surface area contributed by atoms with E-state index in [0.29, 0.717) is 0 Å². The average Bonchev–Trinajstić information content (AvgIpc) is 3.15. The average molecular weight is 381 g/mol. The van der Waals surface area contributed by atoms with Gasteiger partial charge < -0.3 is 5.32 Å². The third-order valence-corrected chi connectivity index (χ3v) is 5.41. The summed E-state index contributed by atoms with van der Waals surface area (Å²) in [5, 5.41) is 8.99. The lowest BCUT2D eigenvalue weighted by molar-refractivity contribution is 0.883. The van der Waals surface area contributed by atoms with Gasteiger partial charge in [-0.05, 0) is 58.7 Å². The standard InChI is InChI=1S/C15H11BrClN3S/c16-13-6-5-12(21-13)14-11-7-8-18-15(11)20(19-14)10-3-1-9(17)2-4-10/h1-6,18H,7-8H2. The topological polar surface area (TPSA) is 29.9 Å². The molecular formula is C15H11BrClN3S. The Labute approximate surface area is 139 Å². The summed E-state index contributed by atoms with van der Waals surface area (Å²) in [4.78, 5) is 1.19. The van der Waals surface area contributed by atoms with E-state index in [1.807, 2.05) is 28.9 Å². The molecule has 1 N–H and O–H groups in total. The fraction of sp³-hybridized carbons (Fsp3) is 0.133. The van der Waals surface area contributed by atoms with Crippen LogP contribution in [0.1, 0.15) is 5.56 Å². The third-order valence-electron chi connectivity index (χ3n) is 3.53. The van der Waals surface area contributed by atoms with E-state index in [-0.39, 0.29) is 0 Å². The first-order chi connectivity index (χ1) is 10.2. The van der Waals surface area contributed by atoms with Crippen molar-refractivity contribution < 1.29 is 0 Å². The monoisotopic (exact) mass is 379 g/mol. The molecule has 0 saturated heterocycles. The van der Waals surface area contributed by atoms with Crippen LogP contribution in [0, 0.1) is 0 Å². The predicted octanol–water partition coefficient (Wildman–Crippen LogP) is 4.98. The van der Waals surface area contributed by atoms with E-state index in [4.69, 9.17) is 16.7 Å². The lowest BCUT2D eigenvalue weighted by atomic mass is 10.2. The minimum Gasteiger partial charge on any atom is -0.369 e. The van der Waals surface area contributed by atoms with Crippen molar-refractivity contribution in [3.63, 3.8) is 0 Å². The molecule has 0 unspecified atom stereocenters. The molecule has 0 radical (unpaired) electrons. The van der Waals surface area contributed by atoms with E-state index in [0.717, 1.165) is 39.0 Å². The van der Waals surface area contributed by atoms with E-state index in [1.165, 1.54) is 10.4 Å². The molecule has 3 nitrogen and oxygen atoms in total. The summed E-state index contributed by atoms with van der Waals surface area (Å²) in [6, 6.07) is 11.9. The van der Waals surface area contributed by atoms with Gasteiger partial charge in [0.2, 0.25) is 0 Å². The van der Waals surface area contributed by atoms with Crippen LogP contribution in [0.3, 0.4) is 0 Å². The van der Waals surface area contributed by atoms with E-state index in [2.05, 4.69) is 33.4 Å². The number of anilines is 1. The maximum absolute atomic E-state index is 5.97. The highest BCUT2D eigenvalue weighted by atomic mass is 79.9. The molecule has 0 spiro atoms. The molecule has 1 aliphatic heterocycles. The Morgan fingerprint density at radius 1 is 1.19 bits per heavy atom. The quantitative estimate of drug-likeness (QED) is 0.679. The SMILES string of the molecule is Clc1ccc(-n2nc(-c3ccc(Br)s3)c3c2NCC3)cc1. The lowest BCUT2D eigenvalue weighted by Gasteiger charge is -2.06. The minimum absolute atomic E-state index is 0.734. The normalized spacial score (nSPS) is 13.2. The summed E-state index contributed by atoms with van der Waals surface area (Å²) in [6.07, 6.45) is 1.01. The van der Waals surface area contributed by atoms with Gasteiger partial charge in [0, 0.05) is 17.1 Å². The summed E-state index contributed by atoms with van der Waals surface area (Å²) >= 11 is 11.2. The van der Waals surface area contributed by atoms with Gasteiger partial charge in [-0.2, -0.15) is 5.10 Å². The number of nitrogens with one attached hydrogen (secondary N) is 1. The van der Waals surface area contributed by atoms with Crippen molar-refractivity contribution in [2.24, 2.45) is 0 Å². The molecule has 3 aromatic rings. The van der Waals surface area contributed by atoms with Crippen molar-refractivity contribution in [1.29, 1.82) is 0 Å². The van der Waals surface area contributed by atoms with E-state index in [1.54, 1.807) is 11.3 Å². The second-order valence-corrected chi connectivity index (χ2v) is 7.74. The molecule has 6 heteroatoms. The van der Waals surface area contributed by atoms with Gasteiger partial charge in [0.1, 0.15) is 11.5 Å². The minimum atomic E-state index is 0.734. The van der Waals surface area contributed by atoms with Gasteiger partial charge in [-0.3, -0.25) is 0 Å². The summed E-state index contributed by atoms with van der Waals surface area (Å²) in [7, 11) is 0. The van der Waals surface area contributed by atoms with Gasteiger partial charge in [-0.25, -0.2) is 4.68 Å². The van der Waals surface area contributed by atoms with Crippen LogP contribution in [-0.2, 0) is 6.42 Å². The smallest absolute Gasteiger partial charge is 0.133 e. The van der Waals surface area contributed by atoms with Gasteiger partial charge in [-0.15, -0.1) is 11.3 Å². The molecule has 1 aliphatic rings. The Kier molecular flexibility index (Phi) is 3.28. The number of nitrogens with zero attached hydrogens (tertiary/aromatic N) is 2. The second kappa shape index (κ2) is 5.16.